The molecule has 6 heteroatoms. The number of carbonyl (C=O) groups excluding carboxylic acids is 2. The molecule has 0 unspecified atom stereocenters. The molecule has 0 amide bonds. The Kier molecular flexibility index (Phi) is 3.92. The molecule has 0 fully saturated rings. The van der Waals surface area contributed by atoms with Gasteiger partial charge in [-0.15, -0.1) is 0 Å². The van der Waals surface area contributed by atoms with Crippen molar-refractivity contribution in [2.75, 3.05) is 0 Å². The number of oxime groups is 1. The molecule has 4 N–H and O–H groups in total. The van der Waals surface area contributed by atoms with Gasteiger partial charge in [-0.25, -0.2) is 9.59 Å². The molecule has 0 aromatic rings. The molecule has 0 spiro atoms. The molecule has 0 saturated carbocycles. The lowest BCUT2D eigenvalue weighted by Gasteiger charge is -1.91. The van der Waals surface area contributed by atoms with Gasteiger partial charge < -0.3 is 16.3 Å². The first-order valence-electron chi connectivity index (χ1n) is 2.42. The fourth-order valence-electron chi connectivity index (χ4n) is 0.230. The fraction of sp³-hybridized carbons (Fsp3) is 0. The first-order valence-corrected chi connectivity index (χ1v) is 2.42. The van der Waals surface area contributed by atoms with Gasteiger partial charge in [-0.05, 0) is 5.16 Å². The van der Waals surface area contributed by atoms with Gasteiger partial charge in [-0.3, -0.25) is 0 Å². The normalized spacial score (nSPS) is 6.91. The SMILES string of the molecule is NC(N)=NOC(=C=O)C=C=O. The van der Waals surface area contributed by atoms with E-state index in [1.165, 1.54) is 11.9 Å². The monoisotopic (exact) mass is 155 g/mol. The van der Waals surface area contributed by atoms with E-state index in [2.05, 4.69) is 9.99 Å². The zero-order valence-electron chi connectivity index (χ0n) is 5.40. The number of hydrogen-bond donors (Lipinski definition) is 2. The van der Waals surface area contributed by atoms with Crippen LogP contribution in [-0.2, 0) is 14.4 Å². The van der Waals surface area contributed by atoms with E-state index < -0.39 is 5.76 Å². The van der Waals surface area contributed by atoms with E-state index in [0.29, 0.717) is 6.08 Å². The molecule has 0 aliphatic heterocycles. The summed E-state index contributed by atoms with van der Waals surface area (Å²) in [5.41, 5.74) is 9.68. The van der Waals surface area contributed by atoms with Crippen molar-refractivity contribution in [2.24, 2.45) is 16.6 Å². The second-order valence-electron chi connectivity index (χ2n) is 1.34. The van der Waals surface area contributed by atoms with Crippen molar-refractivity contribution >= 4 is 17.8 Å². The largest absolute Gasteiger partial charge is 0.367 e. The van der Waals surface area contributed by atoms with E-state index in [9.17, 15) is 9.59 Å². The minimum Gasteiger partial charge on any atom is -0.367 e. The van der Waals surface area contributed by atoms with Crippen molar-refractivity contribution in [3.05, 3.63) is 11.8 Å². The summed E-state index contributed by atoms with van der Waals surface area (Å²) < 4.78 is 0. The molecule has 11 heavy (non-hydrogen) atoms. The number of hydrogen-bond acceptors (Lipinski definition) is 4. The average molecular weight is 155 g/mol. The number of nitrogens with zero attached hydrogens (tertiary/aromatic N) is 1. The van der Waals surface area contributed by atoms with E-state index in [-0.39, 0.29) is 5.96 Å². The Morgan fingerprint density at radius 2 is 2.09 bits per heavy atom. The lowest BCUT2D eigenvalue weighted by molar-refractivity contribution is 0.243. The van der Waals surface area contributed by atoms with Crippen molar-refractivity contribution in [1.82, 2.24) is 0 Å². The van der Waals surface area contributed by atoms with Crippen molar-refractivity contribution in [2.45, 2.75) is 0 Å². The second-order valence-corrected chi connectivity index (χ2v) is 1.34. The molecular formula is C5H5N3O3. The van der Waals surface area contributed by atoms with E-state index in [1.807, 2.05) is 0 Å². The summed E-state index contributed by atoms with van der Waals surface area (Å²) in [6, 6.07) is 0. The molecule has 0 aromatic carbocycles. The third-order valence-electron chi connectivity index (χ3n) is 0.540. The third kappa shape index (κ3) is 4.47. The Bertz CT molecular complexity index is 254. The number of nitrogens with two attached hydrogens (primary N) is 2. The highest BCUT2D eigenvalue weighted by Crippen LogP contribution is 1.90. The molecule has 0 aliphatic rings. The molecule has 0 saturated heterocycles. The summed E-state index contributed by atoms with van der Waals surface area (Å²) in [4.78, 5) is 23.7. The number of allylic oxidation sites excluding steroid dienone is 1. The molecule has 0 heterocycles. The predicted molar refractivity (Wildman–Crippen MR) is 36.4 cm³/mol. The van der Waals surface area contributed by atoms with Crippen molar-refractivity contribution < 1.29 is 14.4 Å². The first-order chi connectivity index (χ1) is 5.20. The maximum Gasteiger partial charge on any atom is 0.251 e. The molecular weight excluding hydrogens is 150 g/mol. The van der Waals surface area contributed by atoms with E-state index >= 15 is 0 Å². The van der Waals surface area contributed by atoms with Gasteiger partial charge in [0.15, 0.2) is 5.94 Å². The Morgan fingerprint density at radius 3 is 2.45 bits per heavy atom. The quantitative estimate of drug-likeness (QED) is 0.126. The van der Waals surface area contributed by atoms with Crippen LogP contribution in [0.4, 0.5) is 0 Å². The minimum absolute atomic E-state index is 0.364. The zero-order chi connectivity index (χ0) is 8.69. The summed E-state index contributed by atoms with van der Waals surface area (Å²) in [6.07, 6.45) is 0.708. The van der Waals surface area contributed by atoms with Gasteiger partial charge in [-0.2, -0.15) is 0 Å². The lowest BCUT2D eigenvalue weighted by atomic mass is 10.5. The van der Waals surface area contributed by atoms with Crippen LogP contribution in [0.1, 0.15) is 0 Å². The van der Waals surface area contributed by atoms with Crippen LogP contribution in [0.2, 0.25) is 0 Å². The van der Waals surface area contributed by atoms with Crippen LogP contribution in [0.15, 0.2) is 17.0 Å². The molecule has 0 bridgehead atoms. The standard InChI is InChI=1S/C5H5N3O3/c6-5(7)8-11-4(3-10)1-2-9/h1H,(H4,6,7,8). The van der Waals surface area contributed by atoms with Crippen LogP contribution in [0.25, 0.3) is 0 Å². The van der Waals surface area contributed by atoms with Crippen LogP contribution in [0.3, 0.4) is 0 Å². The van der Waals surface area contributed by atoms with Crippen molar-refractivity contribution in [3.63, 3.8) is 0 Å². The van der Waals surface area contributed by atoms with E-state index in [1.54, 1.807) is 0 Å². The average Bonchev–Trinajstić information content (AvgIpc) is 1.97. The topological polar surface area (TPSA) is 108 Å². The molecule has 0 aromatic heterocycles. The Hall–Kier alpha value is -2.03. The second kappa shape index (κ2) is 4.81. The maximum absolute atomic E-state index is 9.86. The summed E-state index contributed by atoms with van der Waals surface area (Å²) in [7, 11) is 0. The van der Waals surface area contributed by atoms with Crippen LogP contribution in [-0.4, -0.2) is 17.8 Å². The zero-order valence-corrected chi connectivity index (χ0v) is 5.40. The van der Waals surface area contributed by atoms with Gasteiger partial charge in [-0.1, -0.05) is 0 Å². The van der Waals surface area contributed by atoms with Gasteiger partial charge in [0, 0.05) is 0 Å². The van der Waals surface area contributed by atoms with Crippen LogP contribution in [0.5, 0.6) is 0 Å². The minimum atomic E-state index is -0.437. The van der Waals surface area contributed by atoms with Crippen molar-refractivity contribution in [3.8, 4) is 0 Å². The summed E-state index contributed by atoms with van der Waals surface area (Å²) in [5, 5.41) is 2.98. The molecule has 0 radical (unpaired) electrons. The predicted octanol–water partition coefficient (Wildman–Crippen LogP) is -1.71. The molecule has 6 nitrogen and oxygen atoms in total. The highest BCUT2D eigenvalue weighted by Gasteiger charge is 1.92. The molecule has 0 aliphatic carbocycles. The Balaban J connectivity index is 4.24. The summed E-state index contributed by atoms with van der Waals surface area (Å²) >= 11 is 0. The highest BCUT2D eigenvalue weighted by atomic mass is 16.6. The maximum atomic E-state index is 9.86. The molecule has 58 valence electrons. The summed E-state index contributed by atoms with van der Waals surface area (Å²) in [5.74, 6) is 1.76. The van der Waals surface area contributed by atoms with Gasteiger partial charge in [0.1, 0.15) is 5.94 Å². The molecule has 0 atom stereocenters. The van der Waals surface area contributed by atoms with Gasteiger partial charge in [0.25, 0.3) is 5.76 Å². The lowest BCUT2D eigenvalue weighted by Crippen LogP contribution is -2.22. The highest BCUT2D eigenvalue weighted by molar-refractivity contribution is 5.75. The smallest absolute Gasteiger partial charge is 0.251 e. The summed E-state index contributed by atoms with van der Waals surface area (Å²) in [6.45, 7) is 0. The van der Waals surface area contributed by atoms with Crippen molar-refractivity contribution in [1.29, 1.82) is 0 Å². The van der Waals surface area contributed by atoms with Crippen LogP contribution < -0.4 is 11.5 Å². The van der Waals surface area contributed by atoms with Crippen LogP contribution in [0, 0.1) is 0 Å². The fourth-order valence-corrected chi connectivity index (χ4v) is 0.230. The molecule has 0 rings (SSSR count). The number of rotatable bonds is 3. The van der Waals surface area contributed by atoms with Crippen LogP contribution >= 0.6 is 0 Å². The van der Waals surface area contributed by atoms with Gasteiger partial charge >= 0.3 is 0 Å². The van der Waals surface area contributed by atoms with Gasteiger partial charge in [0.2, 0.25) is 5.96 Å². The Labute approximate surface area is 61.8 Å². The third-order valence-corrected chi connectivity index (χ3v) is 0.540. The first kappa shape index (κ1) is 8.97. The van der Waals surface area contributed by atoms with E-state index in [0.717, 1.165) is 0 Å². The van der Waals surface area contributed by atoms with Gasteiger partial charge in [0.05, 0.1) is 6.08 Å². The number of guanidine groups is 1. The Morgan fingerprint density at radius 1 is 1.45 bits per heavy atom. The van der Waals surface area contributed by atoms with E-state index in [4.69, 9.17) is 11.5 Å².